The van der Waals surface area contributed by atoms with Crippen molar-refractivity contribution >= 4 is 0 Å². The number of benzene rings is 2. The first-order valence-corrected chi connectivity index (χ1v) is 10.3. The molecule has 2 rings (SSSR count). The van der Waals surface area contributed by atoms with Gasteiger partial charge in [-0.2, -0.15) is 0 Å². The molecule has 166 valence electrons. The molecule has 0 aliphatic carbocycles. The van der Waals surface area contributed by atoms with Crippen LogP contribution in [0.5, 0.6) is 11.5 Å². The summed E-state index contributed by atoms with van der Waals surface area (Å²) in [6, 6.07) is 15.6. The zero-order valence-electron chi connectivity index (χ0n) is 18.2. The van der Waals surface area contributed by atoms with Crippen LogP contribution in [0.2, 0.25) is 0 Å². The molecule has 0 fully saturated rings. The quantitative estimate of drug-likeness (QED) is 0.491. The molecule has 2 unspecified atom stereocenters. The highest BCUT2D eigenvalue weighted by atomic mass is 16.5. The predicted octanol–water partition coefficient (Wildman–Crippen LogP) is 2.91. The Morgan fingerprint density at radius 1 is 0.733 bits per heavy atom. The Hall–Kier alpha value is -2.12. The molecule has 6 heteroatoms. The highest BCUT2D eigenvalue weighted by Crippen LogP contribution is 2.33. The molecule has 0 saturated heterocycles. The van der Waals surface area contributed by atoms with Crippen LogP contribution < -0.4 is 9.47 Å². The third kappa shape index (κ3) is 7.29. The molecule has 0 spiro atoms. The molecule has 2 atom stereocenters. The minimum atomic E-state index is -0.884. The van der Waals surface area contributed by atoms with E-state index in [1.54, 1.807) is 0 Å². The number of aliphatic hydroxyl groups is 3. The van der Waals surface area contributed by atoms with Gasteiger partial charge in [0, 0.05) is 5.41 Å². The third-order valence-electron chi connectivity index (χ3n) is 4.87. The van der Waals surface area contributed by atoms with E-state index < -0.39 is 12.2 Å². The molecule has 0 aliphatic rings. The largest absolute Gasteiger partial charge is 0.491 e. The van der Waals surface area contributed by atoms with Crippen molar-refractivity contribution in [2.24, 2.45) is 0 Å². The molecule has 0 bridgehead atoms. The Labute approximate surface area is 179 Å². The molecule has 3 N–H and O–H groups in total. The van der Waals surface area contributed by atoms with E-state index >= 15 is 0 Å². The zero-order chi connectivity index (χ0) is 22.1. The van der Waals surface area contributed by atoms with Gasteiger partial charge in [-0.3, -0.25) is 0 Å². The first-order chi connectivity index (χ1) is 14.2. The van der Waals surface area contributed by atoms with Gasteiger partial charge >= 0.3 is 0 Å². The average molecular weight is 419 g/mol. The van der Waals surface area contributed by atoms with Crippen LogP contribution in [-0.2, 0) is 10.2 Å². The van der Waals surface area contributed by atoms with Crippen molar-refractivity contribution in [1.82, 2.24) is 0 Å². The summed E-state index contributed by atoms with van der Waals surface area (Å²) in [5, 5.41) is 28.2. The Balaban J connectivity index is 1.95. The first kappa shape index (κ1) is 24.2. The lowest BCUT2D eigenvalue weighted by Gasteiger charge is -2.26. The summed E-state index contributed by atoms with van der Waals surface area (Å²) in [5.74, 6) is 1.34. The summed E-state index contributed by atoms with van der Waals surface area (Å²) in [5.41, 5.74) is 2.02. The van der Waals surface area contributed by atoms with Crippen LogP contribution in [0, 0.1) is 0 Å². The third-order valence-corrected chi connectivity index (χ3v) is 4.87. The lowest BCUT2D eigenvalue weighted by atomic mass is 9.78. The second kappa shape index (κ2) is 11.3. The fourth-order valence-electron chi connectivity index (χ4n) is 2.89. The molecule has 0 aliphatic heterocycles. The van der Waals surface area contributed by atoms with Crippen molar-refractivity contribution in [2.75, 3.05) is 26.4 Å². The van der Waals surface area contributed by atoms with Crippen molar-refractivity contribution in [3.8, 4) is 11.5 Å². The van der Waals surface area contributed by atoms with Gasteiger partial charge in [0.05, 0.1) is 19.3 Å². The van der Waals surface area contributed by atoms with Crippen LogP contribution >= 0.6 is 0 Å². The second-order valence-electron chi connectivity index (χ2n) is 8.17. The minimum Gasteiger partial charge on any atom is -0.491 e. The van der Waals surface area contributed by atoms with Crippen LogP contribution in [0.25, 0.3) is 0 Å². The molecular weight excluding hydrogens is 384 g/mol. The minimum absolute atomic E-state index is 0.0546. The standard InChI is InChI=1S/C24H34O6/c1-17(2)28-15-21(27)16-30-23-11-7-19(8-12-23)24(3,4)18-5-9-22(10-6-18)29-14-20(26)13-25/h5-12,17,20-21,25-27H,13-16H2,1-4H3. The summed E-state index contributed by atoms with van der Waals surface area (Å²) < 4.78 is 16.5. The summed E-state index contributed by atoms with van der Waals surface area (Å²) in [6.45, 7) is 8.30. The van der Waals surface area contributed by atoms with Gasteiger partial charge in [-0.1, -0.05) is 38.1 Å². The number of aliphatic hydroxyl groups excluding tert-OH is 3. The zero-order valence-corrected chi connectivity index (χ0v) is 18.2. The highest BCUT2D eigenvalue weighted by molar-refractivity contribution is 5.41. The maximum Gasteiger partial charge on any atom is 0.119 e. The van der Waals surface area contributed by atoms with Gasteiger partial charge in [-0.05, 0) is 49.2 Å². The maximum atomic E-state index is 9.91. The van der Waals surface area contributed by atoms with E-state index in [-0.39, 0.29) is 37.9 Å². The average Bonchev–Trinajstić information content (AvgIpc) is 2.75. The lowest BCUT2D eigenvalue weighted by molar-refractivity contribution is -0.0122. The lowest BCUT2D eigenvalue weighted by Crippen LogP contribution is -2.25. The van der Waals surface area contributed by atoms with Crippen LogP contribution in [0.3, 0.4) is 0 Å². The summed E-state index contributed by atoms with van der Waals surface area (Å²) >= 11 is 0. The van der Waals surface area contributed by atoms with E-state index in [9.17, 15) is 10.2 Å². The molecule has 0 heterocycles. The number of ether oxygens (including phenoxy) is 3. The SMILES string of the molecule is CC(C)OCC(O)COc1ccc(C(C)(C)c2ccc(OCC(O)CO)cc2)cc1. The van der Waals surface area contributed by atoms with Gasteiger partial charge in [0.15, 0.2) is 0 Å². The fourth-order valence-corrected chi connectivity index (χ4v) is 2.89. The predicted molar refractivity (Wildman–Crippen MR) is 116 cm³/mol. The van der Waals surface area contributed by atoms with E-state index in [1.807, 2.05) is 62.4 Å². The fraction of sp³-hybridized carbons (Fsp3) is 0.500. The van der Waals surface area contributed by atoms with E-state index in [0.717, 1.165) is 11.1 Å². The maximum absolute atomic E-state index is 9.91. The molecule has 0 aromatic heterocycles. The topological polar surface area (TPSA) is 88.4 Å². The molecule has 0 amide bonds. The van der Waals surface area contributed by atoms with Crippen LogP contribution in [0.15, 0.2) is 48.5 Å². The van der Waals surface area contributed by atoms with Crippen LogP contribution in [0.4, 0.5) is 0 Å². The Morgan fingerprint density at radius 3 is 1.57 bits per heavy atom. The molecular formula is C24H34O6. The number of hydrogen-bond acceptors (Lipinski definition) is 6. The Morgan fingerprint density at radius 2 is 1.17 bits per heavy atom. The Bertz CT molecular complexity index is 739. The van der Waals surface area contributed by atoms with Crippen molar-refractivity contribution in [3.63, 3.8) is 0 Å². The highest BCUT2D eigenvalue weighted by Gasteiger charge is 2.23. The van der Waals surface area contributed by atoms with Crippen molar-refractivity contribution in [1.29, 1.82) is 0 Å². The van der Waals surface area contributed by atoms with Gasteiger partial charge in [0.2, 0.25) is 0 Å². The first-order valence-electron chi connectivity index (χ1n) is 10.3. The smallest absolute Gasteiger partial charge is 0.119 e. The van der Waals surface area contributed by atoms with Crippen molar-refractivity contribution in [2.45, 2.75) is 51.4 Å². The van der Waals surface area contributed by atoms with Gasteiger partial charge in [-0.15, -0.1) is 0 Å². The molecule has 2 aromatic rings. The number of rotatable bonds is 12. The van der Waals surface area contributed by atoms with Gasteiger partial charge in [-0.25, -0.2) is 0 Å². The van der Waals surface area contributed by atoms with E-state index in [2.05, 4.69) is 13.8 Å². The van der Waals surface area contributed by atoms with Crippen LogP contribution in [-0.4, -0.2) is 60.1 Å². The number of hydrogen-bond donors (Lipinski definition) is 3. The summed E-state index contributed by atoms with van der Waals surface area (Å²) in [6.07, 6.45) is -1.47. The molecule has 0 radical (unpaired) electrons. The van der Waals surface area contributed by atoms with E-state index in [1.165, 1.54) is 0 Å². The van der Waals surface area contributed by atoms with Gasteiger partial charge in [0.1, 0.15) is 36.9 Å². The summed E-state index contributed by atoms with van der Waals surface area (Å²) in [4.78, 5) is 0. The summed E-state index contributed by atoms with van der Waals surface area (Å²) in [7, 11) is 0. The molecule has 6 nitrogen and oxygen atoms in total. The van der Waals surface area contributed by atoms with Gasteiger partial charge < -0.3 is 29.5 Å². The van der Waals surface area contributed by atoms with Gasteiger partial charge in [0.25, 0.3) is 0 Å². The monoisotopic (exact) mass is 418 g/mol. The normalized spacial score (nSPS) is 13.9. The molecule has 2 aromatic carbocycles. The molecule has 30 heavy (non-hydrogen) atoms. The van der Waals surface area contributed by atoms with E-state index in [0.29, 0.717) is 11.5 Å². The Kier molecular flexibility index (Phi) is 9.11. The second-order valence-corrected chi connectivity index (χ2v) is 8.17. The van der Waals surface area contributed by atoms with E-state index in [4.69, 9.17) is 19.3 Å². The van der Waals surface area contributed by atoms with Crippen molar-refractivity contribution in [3.05, 3.63) is 59.7 Å². The van der Waals surface area contributed by atoms with Crippen LogP contribution in [0.1, 0.15) is 38.8 Å². The molecule has 0 saturated carbocycles. The van der Waals surface area contributed by atoms with Crippen molar-refractivity contribution < 1.29 is 29.5 Å².